The van der Waals surface area contributed by atoms with Gasteiger partial charge in [0.1, 0.15) is 0 Å². The van der Waals surface area contributed by atoms with Crippen molar-refractivity contribution in [3.05, 3.63) is 35.9 Å². The third kappa shape index (κ3) is 5.05. The lowest BCUT2D eigenvalue weighted by molar-refractivity contribution is -0.116. The van der Waals surface area contributed by atoms with Crippen molar-refractivity contribution in [1.82, 2.24) is 5.32 Å². The average Bonchev–Trinajstić information content (AvgIpc) is 2.48. The number of amides is 1. The fourth-order valence-electron chi connectivity index (χ4n) is 2.23. The molecule has 1 atom stereocenters. The van der Waals surface area contributed by atoms with Crippen molar-refractivity contribution in [2.24, 2.45) is 0 Å². The van der Waals surface area contributed by atoms with E-state index in [4.69, 9.17) is 10.5 Å². The lowest BCUT2D eigenvalue weighted by atomic mass is 10.1. The van der Waals surface area contributed by atoms with Crippen molar-refractivity contribution < 1.29 is 9.53 Å². The zero-order valence-electron chi connectivity index (χ0n) is 11.7. The molecule has 1 saturated heterocycles. The molecule has 0 aliphatic carbocycles. The van der Waals surface area contributed by atoms with E-state index in [2.05, 4.69) is 5.32 Å². The van der Waals surface area contributed by atoms with Crippen LogP contribution < -0.4 is 11.1 Å². The topological polar surface area (TPSA) is 64.4 Å². The van der Waals surface area contributed by atoms with Crippen molar-refractivity contribution >= 4 is 17.7 Å². The molecule has 0 radical (unpaired) electrons. The number of nitrogens with one attached hydrogen (secondary N) is 1. The normalized spacial score (nSPS) is 19.1. The number of benzene rings is 1. The molecule has 2 rings (SSSR count). The summed E-state index contributed by atoms with van der Waals surface area (Å²) in [6.45, 7) is 1.52. The second-order valence-electron chi connectivity index (χ2n) is 5.07. The van der Waals surface area contributed by atoms with Crippen LogP contribution in [-0.4, -0.2) is 25.2 Å². The highest BCUT2D eigenvalue weighted by molar-refractivity contribution is 5.91. The molecule has 4 nitrogen and oxygen atoms in total. The molecule has 0 bridgehead atoms. The highest BCUT2D eigenvalue weighted by atomic mass is 16.5. The number of anilines is 1. The molecule has 1 aromatic rings. The van der Waals surface area contributed by atoms with E-state index in [1.807, 2.05) is 24.3 Å². The summed E-state index contributed by atoms with van der Waals surface area (Å²) in [5.74, 6) is -0.0716. The Labute approximate surface area is 120 Å². The Bertz CT molecular complexity index is 448. The molecule has 1 aromatic carbocycles. The summed E-state index contributed by atoms with van der Waals surface area (Å²) in [5.41, 5.74) is 7.29. The number of ether oxygens (including phenoxy) is 1. The molecule has 1 unspecified atom stereocenters. The summed E-state index contributed by atoms with van der Waals surface area (Å²) >= 11 is 0. The number of nitrogens with two attached hydrogens (primary N) is 1. The quantitative estimate of drug-likeness (QED) is 0.640. The molecule has 0 saturated carbocycles. The van der Waals surface area contributed by atoms with E-state index in [-0.39, 0.29) is 5.91 Å². The number of hydrogen-bond acceptors (Lipinski definition) is 3. The lowest BCUT2D eigenvalue weighted by Gasteiger charge is -2.22. The molecule has 1 amide bonds. The zero-order chi connectivity index (χ0) is 14.2. The molecular formula is C16H22N2O2. The minimum atomic E-state index is -0.0716. The summed E-state index contributed by atoms with van der Waals surface area (Å²) in [7, 11) is 0. The van der Waals surface area contributed by atoms with Gasteiger partial charge < -0.3 is 15.8 Å². The first-order valence-corrected chi connectivity index (χ1v) is 7.17. The van der Waals surface area contributed by atoms with Gasteiger partial charge in [-0.2, -0.15) is 0 Å². The van der Waals surface area contributed by atoms with Crippen LogP contribution in [0.25, 0.3) is 6.08 Å². The zero-order valence-corrected chi connectivity index (χ0v) is 11.7. The Morgan fingerprint density at radius 2 is 2.15 bits per heavy atom. The molecule has 1 aliphatic heterocycles. The monoisotopic (exact) mass is 274 g/mol. The largest absolute Gasteiger partial charge is 0.399 e. The van der Waals surface area contributed by atoms with Crippen molar-refractivity contribution in [3.8, 4) is 0 Å². The van der Waals surface area contributed by atoms with Crippen LogP contribution in [0.4, 0.5) is 5.69 Å². The minimum Gasteiger partial charge on any atom is -0.399 e. The molecule has 1 aliphatic rings. The Kier molecular flexibility index (Phi) is 5.62. The Hall–Kier alpha value is -1.81. The number of carbonyl (C=O) groups is 1. The fourth-order valence-corrected chi connectivity index (χ4v) is 2.23. The molecule has 1 fully saturated rings. The third-order valence-electron chi connectivity index (χ3n) is 3.40. The van der Waals surface area contributed by atoms with Gasteiger partial charge in [0.2, 0.25) is 5.91 Å². The summed E-state index contributed by atoms with van der Waals surface area (Å²) < 4.78 is 5.62. The van der Waals surface area contributed by atoms with Gasteiger partial charge in [0.25, 0.3) is 0 Å². The van der Waals surface area contributed by atoms with Crippen LogP contribution in [0.3, 0.4) is 0 Å². The molecule has 0 spiro atoms. The van der Waals surface area contributed by atoms with Gasteiger partial charge in [0.05, 0.1) is 6.10 Å². The molecule has 4 heteroatoms. The average molecular weight is 274 g/mol. The first kappa shape index (κ1) is 14.6. The summed E-state index contributed by atoms with van der Waals surface area (Å²) in [6, 6.07) is 7.40. The summed E-state index contributed by atoms with van der Waals surface area (Å²) in [4.78, 5) is 11.7. The molecular weight excluding hydrogens is 252 g/mol. The van der Waals surface area contributed by atoms with Crippen LogP contribution in [0.2, 0.25) is 0 Å². The van der Waals surface area contributed by atoms with E-state index in [1.54, 1.807) is 12.2 Å². The Morgan fingerprint density at radius 1 is 1.35 bits per heavy atom. The van der Waals surface area contributed by atoms with Gasteiger partial charge in [-0.15, -0.1) is 0 Å². The van der Waals surface area contributed by atoms with Crippen LogP contribution in [0.15, 0.2) is 30.3 Å². The second kappa shape index (κ2) is 7.70. The third-order valence-corrected chi connectivity index (χ3v) is 3.40. The predicted molar refractivity (Wildman–Crippen MR) is 81.1 cm³/mol. The van der Waals surface area contributed by atoms with E-state index in [1.165, 1.54) is 6.42 Å². The molecule has 20 heavy (non-hydrogen) atoms. The minimum absolute atomic E-state index is 0.0716. The van der Waals surface area contributed by atoms with E-state index >= 15 is 0 Å². The van der Waals surface area contributed by atoms with E-state index in [0.717, 1.165) is 37.1 Å². The first-order chi connectivity index (χ1) is 9.74. The van der Waals surface area contributed by atoms with Crippen molar-refractivity contribution in [1.29, 1.82) is 0 Å². The van der Waals surface area contributed by atoms with Crippen LogP contribution in [0.5, 0.6) is 0 Å². The number of rotatable bonds is 5. The van der Waals surface area contributed by atoms with Gasteiger partial charge in [0.15, 0.2) is 0 Å². The first-order valence-electron chi connectivity index (χ1n) is 7.17. The van der Waals surface area contributed by atoms with E-state index in [9.17, 15) is 4.79 Å². The number of hydrogen-bond donors (Lipinski definition) is 2. The van der Waals surface area contributed by atoms with Gasteiger partial charge in [-0.05, 0) is 49.5 Å². The van der Waals surface area contributed by atoms with Gasteiger partial charge in [-0.25, -0.2) is 0 Å². The maximum absolute atomic E-state index is 11.7. The van der Waals surface area contributed by atoms with Gasteiger partial charge in [-0.1, -0.05) is 12.1 Å². The van der Waals surface area contributed by atoms with Crippen molar-refractivity contribution in [2.75, 3.05) is 18.9 Å². The second-order valence-corrected chi connectivity index (χ2v) is 5.07. The van der Waals surface area contributed by atoms with Crippen molar-refractivity contribution in [3.63, 3.8) is 0 Å². The van der Waals surface area contributed by atoms with Crippen LogP contribution in [-0.2, 0) is 9.53 Å². The van der Waals surface area contributed by atoms with Gasteiger partial charge >= 0.3 is 0 Å². The van der Waals surface area contributed by atoms with Gasteiger partial charge in [-0.3, -0.25) is 4.79 Å². The van der Waals surface area contributed by atoms with E-state index in [0.29, 0.717) is 12.6 Å². The highest BCUT2D eigenvalue weighted by Crippen LogP contribution is 2.14. The number of nitrogen functional groups attached to an aromatic ring is 1. The molecule has 1 heterocycles. The SMILES string of the molecule is Nc1ccc(/C=C/C(=O)NCCC2CCCCO2)cc1. The maximum atomic E-state index is 11.7. The van der Waals surface area contributed by atoms with Gasteiger partial charge in [0, 0.05) is 24.9 Å². The highest BCUT2D eigenvalue weighted by Gasteiger charge is 2.13. The maximum Gasteiger partial charge on any atom is 0.244 e. The number of carbonyl (C=O) groups excluding carboxylic acids is 1. The molecule has 3 N–H and O–H groups in total. The smallest absolute Gasteiger partial charge is 0.244 e. The Morgan fingerprint density at radius 3 is 2.85 bits per heavy atom. The summed E-state index contributed by atoms with van der Waals surface area (Å²) in [6.07, 6.45) is 8.03. The molecule has 108 valence electrons. The fraction of sp³-hybridized carbons (Fsp3) is 0.438. The van der Waals surface area contributed by atoms with Crippen molar-refractivity contribution in [2.45, 2.75) is 31.8 Å². The summed E-state index contributed by atoms with van der Waals surface area (Å²) in [5, 5.41) is 2.88. The Balaban J connectivity index is 1.68. The lowest BCUT2D eigenvalue weighted by Crippen LogP contribution is -2.28. The standard InChI is InChI=1S/C16H22N2O2/c17-14-7-4-13(5-8-14)6-9-16(19)18-11-10-15-3-1-2-12-20-15/h4-9,15H,1-3,10-12,17H2,(H,18,19)/b9-6+. The predicted octanol–water partition coefficient (Wildman–Crippen LogP) is 2.36. The van der Waals surface area contributed by atoms with Crippen LogP contribution in [0.1, 0.15) is 31.2 Å². The molecule has 0 aromatic heterocycles. The van der Waals surface area contributed by atoms with Crippen LogP contribution in [0, 0.1) is 0 Å². The van der Waals surface area contributed by atoms with Crippen LogP contribution >= 0.6 is 0 Å². The van der Waals surface area contributed by atoms with E-state index < -0.39 is 0 Å².